The molecular formula is C18H27NO4. The number of anilines is 1. The number of hydrogen-bond acceptors (Lipinski definition) is 5. The van der Waals surface area contributed by atoms with Crippen LogP contribution < -0.4 is 5.73 Å². The van der Waals surface area contributed by atoms with E-state index in [1.54, 1.807) is 65.8 Å². The van der Waals surface area contributed by atoms with Crippen molar-refractivity contribution in [3.63, 3.8) is 0 Å². The van der Waals surface area contributed by atoms with Crippen LogP contribution in [0.4, 0.5) is 5.69 Å². The van der Waals surface area contributed by atoms with Crippen LogP contribution in [-0.2, 0) is 25.5 Å². The average Bonchev–Trinajstić information content (AvgIpc) is 2.33. The van der Waals surface area contributed by atoms with E-state index in [1.165, 1.54) is 0 Å². The number of hydrogen-bond donors (Lipinski definition) is 1. The third-order valence-electron chi connectivity index (χ3n) is 2.80. The highest BCUT2D eigenvalue weighted by Gasteiger charge is 2.34. The smallest absolute Gasteiger partial charge is 0.321 e. The number of nitrogen functional groups attached to an aromatic ring is 1. The summed E-state index contributed by atoms with van der Waals surface area (Å²) < 4.78 is 10.7. The first-order valence-electron chi connectivity index (χ1n) is 7.67. The summed E-state index contributed by atoms with van der Waals surface area (Å²) in [5.74, 6) is -2.16. The van der Waals surface area contributed by atoms with Gasteiger partial charge in [-0.1, -0.05) is 12.1 Å². The van der Waals surface area contributed by atoms with Gasteiger partial charge in [-0.15, -0.1) is 0 Å². The van der Waals surface area contributed by atoms with Gasteiger partial charge in [-0.05, 0) is 65.7 Å². The predicted molar refractivity (Wildman–Crippen MR) is 89.7 cm³/mol. The van der Waals surface area contributed by atoms with Gasteiger partial charge in [0.05, 0.1) is 0 Å². The molecule has 128 valence electrons. The maximum Gasteiger partial charge on any atom is 0.321 e. The largest absolute Gasteiger partial charge is 0.459 e. The van der Waals surface area contributed by atoms with Crippen molar-refractivity contribution in [2.24, 2.45) is 5.92 Å². The molecule has 0 spiro atoms. The summed E-state index contributed by atoms with van der Waals surface area (Å²) in [5, 5.41) is 0. The third kappa shape index (κ3) is 7.17. The Morgan fingerprint density at radius 1 is 0.913 bits per heavy atom. The Kier molecular flexibility index (Phi) is 5.81. The minimum absolute atomic E-state index is 0.212. The lowest BCUT2D eigenvalue weighted by Gasteiger charge is -2.26. The molecule has 0 bridgehead atoms. The molecule has 5 heteroatoms. The zero-order valence-corrected chi connectivity index (χ0v) is 14.8. The zero-order valence-electron chi connectivity index (χ0n) is 14.8. The molecule has 0 aliphatic carbocycles. The van der Waals surface area contributed by atoms with Gasteiger partial charge in [-0.3, -0.25) is 9.59 Å². The second-order valence-electron chi connectivity index (χ2n) is 7.57. The molecule has 0 aromatic heterocycles. The number of benzene rings is 1. The molecule has 23 heavy (non-hydrogen) atoms. The molecule has 0 radical (unpaired) electrons. The highest BCUT2D eigenvalue weighted by atomic mass is 16.6. The maximum absolute atomic E-state index is 12.4. The highest BCUT2D eigenvalue weighted by molar-refractivity contribution is 5.95. The lowest BCUT2D eigenvalue weighted by atomic mass is 9.98. The van der Waals surface area contributed by atoms with Crippen LogP contribution in [0.25, 0.3) is 0 Å². The number of carbonyl (C=O) groups is 2. The van der Waals surface area contributed by atoms with E-state index in [0.717, 1.165) is 5.56 Å². The van der Waals surface area contributed by atoms with Crippen molar-refractivity contribution >= 4 is 17.6 Å². The molecule has 1 rings (SSSR count). The highest BCUT2D eigenvalue weighted by Crippen LogP contribution is 2.20. The van der Waals surface area contributed by atoms with Crippen LogP contribution >= 0.6 is 0 Å². The van der Waals surface area contributed by atoms with Crippen molar-refractivity contribution in [3.05, 3.63) is 29.8 Å². The minimum atomic E-state index is -1.00. The second kappa shape index (κ2) is 7.02. The molecule has 0 fully saturated rings. The number of rotatable bonds is 4. The van der Waals surface area contributed by atoms with Gasteiger partial charge in [-0.25, -0.2) is 0 Å². The third-order valence-corrected chi connectivity index (χ3v) is 2.80. The summed E-state index contributed by atoms with van der Waals surface area (Å²) in [5.41, 5.74) is 5.77. The molecule has 0 unspecified atom stereocenters. The number of ether oxygens (including phenoxy) is 2. The first-order valence-corrected chi connectivity index (χ1v) is 7.67. The van der Waals surface area contributed by atoms with Crippen LogP contribution in [0.15, 0.2) is 24.3 Å². The molecule has 1 aromatic carbocycles. The van der Waals surface area contributed by atoms with Crippen molar-refractivity contribution in [3.8, 4) is 0 Å². The van der Waals surface area contributed by atoms with Gasteiger partial charge in [0, 0.05) is 5.69 Å². The Bertz CT molecular complexity index is 522. The average molecular weight is 321 g/mol. The van der Waals surface area contributed by atoms with E-state index in [9.17, 15) is 9.59 Å². The molecule has 2 N–H and O–H groups in total. The van der Waals surface area contributed by atoms with Gasteiger partial charge >= 0.3 is 11.9 Å². The number of esters is 2. The fourth-order valence-electron chi connectivity index (χ4n) is 1.90. The molecule has 0 atom stereocenters. The van der Waals surface area contributed by atoms with E-state index in [0.29, 0.717) is 5.69 Å². The summed E-state index contributed by atoms with van der Waals surface area (Å²) >= 11 is 0. The number of nitrogens with two attached hydrogens (primary N) is 1. The predicted octanol–water partition coefficient (Wildman–Crippen LogP) is 3.11. The Morgan fingerprint density at radius 3 is 1.65 bits per heavy atom. The van der Waals surface area contributed by atoms with E-state index in [-0.39, 0.29) is 6.42 Å². The maximum atomic E-state index is 12.4. The molecule has 0 amide bonds. The standard InChI is InChI=1S/C18H27NO4/c1-17(2,3)22-15(20)14(16(21)23-18(4,5)6)11-12-7-9-13(19)10-8-12/h7-10,14H,11,19H2,1-6H3. The van der Waals surface area contributed by atoms with Crippen molar-refractivity contribution in [1.29, 1.82) is 0 Å². The monoisotopic (exact) mass is 321 g/mol. The topological polar surface area (TPSA) is 78.6 Å². The van der Waals surface area contributed by atoms with Crippen LogP contribution in [0.1, 0.15) is 47.1 Å². The van der Waals surface area contributed by atoms with Crippen molar-refractivity contribution in [1.82, 2.24) is 0 Å². The van der Waals surface area contributed by atoms with Gasteiger partial charge in [0.1, 0.15) is 11.2 Å². The van der Waals surface area contributed by atoms with Gasteiger partial charge in [0.15, 0.2) is 5.92 Å². The van der Waals surface area contributed by atoms with Gasteiger partial charge in [0.25, 0.3) is 0 Å². The summed E-state index contributed by atoms with van der Waals surface area (Å²) in [6, 6.07) is 7.04. The van der Waals surface area contributed by atoms with Crippen molar-refractivity contribution in [2.75, 3.05) is 5.73 Å². The molecule has 0 aliphatic heterocycles. The lowest BCUT2D eigenvalue weighted by Crippen LogP contribution is -2.38. The van der Waals surface area contributed by atoms with E-state index in [4.69, 9.17) is 15.2 Å². The van der Waals surface area contributed by atoms with Crippen LogP contribution in [0.5, 0.6) is 0 Å². The normalized spacial score (nSPS) is 12.1. The van der Waals surface area contributed by atoms with Crippen LogP contribution in [0, 0.1) is 5.92 Å². The van der Waals surface area contributed by atoms with Crippen LogP contribution in [-0.4, -0.2) is 23.1 Å². The molecular weight excluding hydrogens is 294 g/mol. The summed E-state index contributed by atoms with van der Waals surface area (Å²) in [4.78, 5) is 24.8. The van der Waals surface area contributed by atoms with Crippen LogP contribution in [0.3, 0.4) is 0 Å². The Morgan fingerprint density at radius 2 is 1.30 bits per heavy atom. The van der Waals surface area contributed by atoms with Gasteiger partial charge in [-0.2, -0.15) is 0 Å². The fourth-order valence-corrected chi connectivity index (χ4v) is 1.90. The Labute approximate surface area is 138 Å². The first-order chi connectivity index (χ1) is 10.4. The zero-order chi connectivity index (χ0) is 17.8. The van der Waals surface area contributed by atoms with Gasteiger partial charge < -0.3 is 15.2 Å². The molecule has 0 aliphatic rings. The summed E-state index contributed by atoms with van der Waals surface area (Å²) in [6.45, 7) is 10.6. The summed E-state index contributed by atoms with van der Waals surface area (Å²) in [6.07, 6.45) is 0.212. The minimum Gasteiger partial charge on any atom is -0.459 e. The van der Waals surface area contributed by atoms with E-state index < -0.39 is 29.1 Å². The van der Waals surface area contributed by atoms with Crippen LogP contribution in [0.2, 0.25) is 0 Å². The fraction of sp³-hybridized carbons (Fsp3) is 0.556. The molecule has 0 heterocycles. The molecule has 1 aromatic rings. The second-order valence-corrected chi connectivity index (χ2v) is 7.57. The Hall–Kier alpha value is -2.04. The lowest BCUT2D eigenvalue weighted by molar-refractivity contribution is -0.174. The number of carbonyl (C=O) groups excluding carboxylic acids is 2. The molecule has 0 saturated heterocycles. The van der Waals surface area contributed by atoms with Gasteiger partial charge in [0.2, 0.25) is 0 Å². The van der Waals surface area contributed by atoms with E-state index >= 15 is 0 Å². The summed E-state index contributed by atoms with van der Waals surface area (Å²) in [7, 11) is 0. The van der Waals surface area contributed by atoms with Crippen molar-refractivity contribution < 1.29 is 19.1 Å². The molecule has 0 saturated carbocycles. The quantitative estimate of drug-likeness (QED) is 0.524. The SMILES string of the molecule is CC(C)(C)OC(=O)C(Cc1ccc(N)cc1)C(=O)OC(C)(C)C. The van der Waals surface area contributed by atoms with E-state index in [2.05, 4.69) is 0 Å². The van der Waals surface area contributed by atoms with Crippen molar-refractivity contribution in [2.45, 2.75) is 59.2 Å². The van der Waals surface area contributed by atoms with E-state index in [1.807, 2.05) is 0 Å². The Balaban J connectivity index is 2.98. The first kappa shape index (κ1) is 19.0. The molecule has 5 nitrogen and oxygen atoms in total.